The normalized spacial score (nSPS) is 25.1. The van der Waals surface area contributed by atoms with Crippen LogP contribution in [0.1, 0.15) is 12.5 Å². The maximum atomic E-state index is 5.75. The van der Waals surface area contributed by atoms with E-state index in [-0.39, 0.29) is 12.2 Å². The van der Waals surface area contributed by atoms with Crippen molar-refractivity contribution < 1.29 is 9.47 Å². The van der Waals surface area contributed by atoms with E-state index in [0.29, 0.717) is 12.4 Å². The topological polar surface area (TPSA) is 60.6 Å². The highest BCUT2D eigenvalue weighted by Crippen LogP contribution is 2.19. The standard InChI is InChI=1S/C13H21N3O2/c1-10-7-16(9-12(6-14)18-10)8-11-4-3-5-15-13(11)17-2/h3-5,10,12H,6-9,14H2,1-2H3. The molecule has 1 saturated heterocycles. The molecule has 1 aliphatic rings. The second kappa shape index (κ2) is 6.13. The summed E-state index contributed by atoms with van der Waals surface area (Å²) in [6.45, 7) is 5.23. The Hall–Kier alpha value is -1.17. The van der Waals surface area contributed by atoms with Crippen LogP contribution in [0.25, 0.3) is 0 Å². The maximum Gasteiger partial charge on any atom is 0.217 e. The number of morpholine rings is 1. The molecule has 0 amide bonds. The first-order valence-electron chi connectivity index (χ1n) is 6.28. The van der Waals surface area contributed by atoms with Gasteiger partial charge in [-0.3, -0.25) is 4.90 Å². The number of nitrogens with zero attached hydrogens (tertiary/aromatic N) is 2. The minimum Gasteiger partial charge on any atom is -0.481 e. The van der Waals surface area contributed by atoms with E-state index in [2.05, 4.69) is 16.8 Å². The van der Waals surface area contributed by atoms with Crippen LogP contribution in [-0.2, 0) is 11.3 Å². The van der Waals surface area contributed by atoms with Crippen LogP contribution >= 0.6 is 0 Å². The number of ether oxygens (including phenoxy) is 2. The Bertz CT molecular complexity index is 386. The van der Waals surface area contributed by atoms with Gasteiger partial charge in [-0.25, -0.2) is 4.98 Å². The van der Waals surface area contributed by atoms with Crippen molar-refractivity contribution in [2.24, 2.45) is 5.73 Å². The quantitative estimate of drug-likeness (QED) is 0.851. The average Bonchev–Trinajstić information content (AvgIpc) is 2.38. The molecule has 2 rings (SSSR count). The van der Waals surface area contributed by atoms with E-state index >= 15 is 0 Å². The van der Waals surface area contributed by atoms with Gasteiger partial charge in [-0.1, -0.05) is 6.07 Å². The minimum absolute atomic E-state index is 0.122. The largest absolute Gasteiger partial charge is 0.481 e. The smallest absolute Gasteiger partial charge is 0.217 e. The molecule has 5 nitrogen and oxygen atoms in total. The van der Waals surface area contributed by atoms with Crippen LogP contribution in [0.2, 0.25) is 0 Å². The lowest BCUT2D eigenvalue weighted by atomic mass is 10.2. The molecule has 0 radical (unpaired) electrons. The van der Waals surface area contributed by atoms with Crippen molar-refractivity contribution in [3.63, 3.8) is 0 Å². The first-order valence-corrected chi connectivity index (χ1v) is 6.28. The lowest BCUT2D eigenvalue weighted by Gasteiger charge is -2.36. The number of methoxy groups -OCH3 is 1. The third-order valence-electron chi connectivity index (χ3n) is 3.10. The molecule has 1 aromatic heterocycles. The van der Waals surface area contributed by atoms with Crippen LogP contribution in [0.3, 0.4) is 0 Å². The highest BCUT2D eigenvalue weighted by Gasteiger charge is 2.24. The summed E-state index contributed by atoms with van der Waals surface area (Å²) in [5.41, 5.74) is 6.79. The van der Waals surface area contributed by atoms with E-state index in [9.17, 15) is 0 Å². The van der Waals surface area contributed by atoms with Crippen molar-refractivity contribution in [1.29, 1.82) is 0 Å². The van der Waals surface area contributed by atoms with Crippen LogP contribution in [0.4, 0.5) is 0 Å². The first kappa shape index (κ1) is 13.3. The zero-order chi connectivity index (χ0) is 13.0. The van der Waals surface area contributed by atoms with Crippen molar-refractivity contribution in [3.8, 4) is 5.88 Å². The molecule has 0 saturated carbocycles. The van der Waals surface area contributed by atoms with E-state index in [1.807, 2.05) is 12.1 Å². The minimum atomic E-state index is 0.122. The van der Waals surface area contributed by atoms with Gasteiger partial charge >= 0.3 is 0 Å². The fourth-order valence-electron chi connectivity index (χ4n) is 2.37. The summed E-state index contributed by atoms with van der Waals surface area (Å²) in [5.74, 6) is 0.695. The van der Waals surface area contributed by atoms with Gasteiger partial charge in [0, 0.05) is 37.9 Å². The summed E-state index contributed by atoms with van der Waals surface area (Å²) < 4.78 is 11.0. The van der Waals surface area contributed by atoms with Crippen molar-refractivity contribution in [1.82, 2.24) is 9.88 Å². The highest BCUT2D eigenvalue weighted by molar-refractivity contribution is 5.25. The molecule has 5 heteroatoms. The Balaban J connectivity index is 2.04. The Morgan fingerprint density at radius 2 is 2.39 bits per heavy atom. The van der Waals surface area contributed by atoms with E-state index in [1.54, 1.807) is 13.3 Å². The van der Waals surface area contributed by atoms with Crippen LogP contribution in [0.5, 0.6) is 5.88 Å². The van der Waals surface area contributed by atoms with Gasteiger partial charge in [0.05, 0.1) is 19.3 Å². The molecule has 2 atom stereocenters. The molecule has 100 valence electrons. The summed E-state index contributed by atoms with van der Waals surface area (Å²) >= 11 is 0. The molecule has 2 heterocycles. The molecule has 2 unspecified atom stereocenters. The lowest BCUT2D eigenvalue weighted by molar-refractivity contribution is -0.0746. The zero-order valence-electron chi connectivity index (χ0n) is 11.0. The fraction of sp³-hybridized carbons (Fsp3) is 0.615. The predicted molar refractivity (Wildman–Crippen MR) is 69.5 cm³/mol. The van der Waals surface area contributed by atoms with Gasteiger partial charge in [-0.15, -0.1) is 0 Å². The van der Waals surface area contributed by atoms with Crippen molar-refractivity contribution in [2.45, 2.75) is 25.7 Å². The monoisotopic (exact) mass is 251 g/mol. The van der Waals surface area contributed by atoms with Crippen LogP contribution in [0.15, 0.2) is 18.3 Å². The Morgan fingerprint density at radius 1 is 1.56 bits per heavy atom. The van der Waals surface area contributed by atoms with E-state index in [4.69, 9.17) is 15.2 Å². The van der Waals surface area contributed by atoms with Crippen molar-refractivity contribution >= 4 is 0 Å². The molecule has 1 fully saturated rings. The van der Waals surface area contributed by atoms with Gasteiger partial charge in [0.25, 0.3) is 0 Å². The molecule has 0 spiro atoms. The van der Waals surface area contributed by atoms with E-state index < -0.39 is 0 Å². The Kier molecular flexibility index (Phi) is 4.52. The van der Waals surface area contributed by atoms with Crippen LogP contribution in [-0.4, -0.2) is 48.8 Å². The number of hydrogen-bond donors (Lipinski definition) is 1. The van der Waals surface area contributed by atoms with Gasteiger partial charge in [0.2, 0.25) is 5.88 Å². The van der Waals surface area contributed by atoms with Gasteiger partial charge in [0.1, 0.15) is 0 Å². The first-order chi connectivity index (χ1) is 8.72. The summed E-state index contributed by atoms with van der Waals surface area (Å²) in [6, 6.07) is 3.98. The molecule has 0 aromatic carbocycles. The van der Waals surface area contributed by atoms with E-state index in [1.165, 1.54) is 0 Å². The lowest BCUT2D eigenvalue weighted by Crippen LogP contribution is -2.48. The third kappa shape index (κ3) is 3.19. The number of hydrogen-bond acceptors (Lipinski definition) is 5. The summed E-state index contributed by atoms with van der Waals surface area (Å²) in [4.78, 5) is 6.55. The van der Waals surface area contributed by atoms with Crippen LogP contribution in [0, 0.1) is 0 Å². The van der Waals surface area contributed by atoms with E-state index in [0.717, 1.165) is 25.2 Å². The molecule has 0 bridgehead atoms. The molecule has 1 aromatic rings. The fourth-order valence-corrected chi connectivity index (χ4v) is 2.37. The molecular weight excluding hydrogens is 230 g/mol. The summed E-state index contributed by atoms with van der Waals surface area (Å²) in [6.07, 6.45) is 2.08. The molecular formula is C13H21N3O2. The van der Waals surface area contributed by atoms with Gasteiger partial charge in [0.15, 0.2) is 0 Å². The van der Waals surface area contributed by atoms with Gasteiger partial charge < -0.3 is 15.2 Å². The second-order valence-electron chi connectivity index (χ2n) is 4.67. The predicted octanol–water partition coefficient (Wildman–Crippen LogP) is 0.638. The van der Waals surface area contributed by atoms with Crippen molar-refractivity contribution in [2.75, 3.05) is 26.7 Å². The molecule has 18 heavy (non-hydrogen) atoms. The Labute approximate surface area is 108 Å². The average molecular weight is 251 g/mol. The van der Waals surface area contributed by atoms with Crippen LogP contribution < -0.4 is 10.5 Å². The SMILES string of the molecule is COc1ncccc1CN1CC(C)OC(CN)C1. The third-order valence-corrected chi connectivity index (χ3v) is 3.10. The van der Waals surface area contributed by atoms with Gasteiger partial charge in [-0.05, 0) is 13.0 Å². The second-order valence-corrected chi connectivity index (χ2v) is 4.67. The maximum absolute atomic E-state index is 5.75. The molecule has 2 N–H and O–H groups in total. The summed E-state index contributed by atoms with van der Waals surface area (Å²) in [5, 5.41) is 0. The highest BCUT2D eigenvalue weighted by atomic mass is 16.5. The van der Waals surface area contributed by atoms with Crippen molar-refractivity contribution in [3.05, 3.63) is 23.9 Å². The van der Waals surface area contributed by atoms with Gasteiger partial charge in [-0.2, -0.15) is 0 Å². The summed E-state index contributed by atoms with van der Waals surface area (Å²) in [7, 11) is 1.65. The Morgan fingerprint density at radius 3 is 3.11 bits per heavy atom. The zero-order valence-corrected chi connectivity index (χ0v) is 11.0. The number of pyridine rings is 1. The molecule has 0 aliphatic carbocycles. The number of aromatic nitrogens is 1. The molecule has 1 aliphatic heterocycles. The number of rotatable bonds is 4. The number of nitrogens with two attached hydrogens (primary N) is 1.